The number of nitrogens with zero attached hydrogens (tertiary/aromatic N) is 3. The number of rotatable bonds is 6. The van der Waals surface area contributed by atoms with Gasteiger partial charge in [-0.25, -0.2) is 4.98 Å². The van der Waals surface area contributed by atoms with Crippen LogP contribution in [0, 0.1) is 12.8 Å². The quantitative estimate of drug-likeness (QED) is 0.738. The average molecular weight is 352 g/mol. The zero-order valence-electron chi connectivity index (χ0n) is 15.2. The number of furan rings is 1. The fourth-order valence-electron chi connectivity index (χ4n) is 3.73. The van der Waals surface area contributed by atoms with Crippen LogP contribution in [0.4, 0.5) is 0 Å². The second-order valence-corrected chi connectivity index (χ2v) is 6.94. The molecule has 2 aromatic heterocycles. The highest BCUT2D eigenvalue weighted by atomic mass is 16.5. The van der Waals surface area contributed by atoms with Gasteiger partial charge in [0.1, 0.15) is 17.3 Å². The van der Waals surface area contributed by atoms with E-state index in [4.69, 9.17) is 14.1 Å². The highest BCUT2D eigenvalue weighted by molar-refractivity contribution is 5.53. The van der Waals surface area contributed by atoms with Gasteiger partial charge >= 0.3 is 0 Å². The molecule has 2 atom stereocenters. The fourth-order valence-corrected chi connectivity index (χ4v) is 3.73. The van der Waals surface area contributed by atoms with Crippen LogP contribution in [0.2, 0.25) is 0 Å². The van der Waals surface area contributed by atoms with Gasteiger partial charge in [0.15, 0.2) is 5.82 Å². The summed E-state index contributed by atoms with van der Waals surface area (Å²) in [7, 11) is 1.76. The highest BCUT2D eigenvalue weighted by Gasteiger charge is 2.36. The molecule has 1 aliphatic rings. The van der Waals surface area contributed by atoms with Crippen LogP contribution in [0.1, 0.15) is 23.3 Å². The summed E-state index contributed by atoms with van der Waals surface area (Å²) in [4.78, 5) is 7.17. The molecule has 136 valence electrons. The van der Waals surface area contributed by atoms with Gasteiger partial charge in [-0.05, 0) is 19.1 Å². The van der Waals surface area contributed by atoms with Crippen LogP contribution in [0.15, 0.2) is 46.9 Å². The van der Waals surface area contributed by atoms with Crippen LogP contribution in [0.3, 0.4) is 0 Å². The molecule has 0 radical (unpaired) electrons. The Hall–Kier alpha value is -2.44. The molecule has 0 amide bonds. The lowest BCUT2D eigenvalue weighted by molar-refractivity contribution is 0.145. The van der Waals surface area contributed by atoms with Crippen LogP contribution in [-0.2, 0) is 11.3 Å². The second kappa shape index (κ2) is 7.43. The van der Waals surface area contributed by atoms with Gasteiger partial charge in [0, 0.05) is 37.6 Å². The molecule has 0 spiro atoms. The fraction of sp³-hybridized carbons (Fsp3) is 0.400. The molecule has 3 heterocycles. The van der Waals surface area contributed by atoms with Crippen molar-refractivity contribution in [3.05, 3.63) is 59.8 Å². The first kappa shape index (κ1) is 17.0. The largest absolute Gasteiger partial charge is 0.465 e. The molecule has 26 heavy (non-hydrogen) atoms. The molecule has 0 saturated carbocycles. The number of methoxy groups -OCH3 is 1. The molecule has 0 aliphatic carbocycles. The maximum Gasteiger partial charge on any atom is 0.181 e. The molecule has 1 fully saturated rings. The lowest BCUT2D eigenvalue weighted by atomic mass is 9.96. The smallest absolute Gasteiger partial charge is 0.181 e. The van der Waals surface area contributed by atoms with Crippen molar-refractivity contribution in [3.8, 4) is 11.4 Å². The summed E-state index contributed by atoms with van der Waals surface area (Å²) in [6, 6.07) is 14.1. The van der Waals surface area contributed by atoms with E-state index in [9.17, 15) is 0 Å². The summed E-state index contributed by atoms with van der Waals surface area (Å²) >= 11 is 0. The summed E-state index contributed by atoms with van der Waals surface area (Å²) in [5.74, 6) is 4.29. The first-order valence-corrected chi connectivity index (χ1v) is 8.97. The number of H-pyrrole nitrogens is 1. The Balaban J connectivity index is 1.51. The number of nitrogens with one attached hydrogen (secondary N) is 1. The summed E-state index contributed by atoms with van der Waals surface area (Å²) in [6.45, 7) is 5.37. The van der Waals surface area contributed by atoms with Crippen LogP contribution in [-0.4, -0.2) is 46.9 Å². The lowest BCUT2D eigenvalue weighted by Crippen LogP contribution is -2.20. The molecule has 1 aromatic carbocycles. The Kier molecular flexibility index (Phi) is 4.86. The maximum atomic E-state index is 5.73. The number of hydrogen-bond donors (Lipinski definition) is 1. The summed E-state index contributed by atoms with van der Waals surface area (Å²) < 4.78 is 11.2. The minimum absolute atomic E-state index is 0.274. The van der Waals surface area contributed by atoms with Crippen molar-refractivity contribution in [2.75, 3.05) is 26.8 Å². The van der Waals surface area contributed by atoms with Crippen LogP contribution in [0.5, 0.6) is 0 Å². The predicted octanol–water partition coefficient (Wildman–Crippen LogP) is 3.24. The highest BCUT2D eigenvalue weighted by Crippen LogP contribution is 2.32. The minimum Gasteiger partial charge on any atom is -0.465 e. The van der Waals surface area contributed by atoms with E-state index in [1.54, 1.807) is 7.11 Å². The zero-order valence-corrected chi connectivity index (χ0v) is 15.2. The molecule has 0 unspecified atom stereocenters. The van der Waals surface area contributed by atoms with Gasteiger partial charge in [0.2, 0.25) is 0 Å². The van der Waals surface area contributed by atoms with Crippen molar-refractivity contribution in [2.45, 2.75) is 19.4 Å². The number of hydrogen-bond acceptors (Lipinski definition) is 5. The van der Waals surface area contributed by atoms with Gasteiger partial charge < -0.3 is 9.15 Å². The number of likely N-dealkylation sites (tertiary alicyclic amines) is 1. The van der Waals surface area contributed by atoms with Crippen molar-refractivity contribution in [1.29, 1.82) is 0 Å². The van der Waals surface area contributed by atoms with Crippen molar-refractivity contribution < 1.29 is 9.15 Å². The van der Waals surface area contributed by atoms with Crippen molar-refractivity contribution in [3.63, 3.8) is 0 Å². The van der Waals surface area contributed by atoms with Crippen LogP contribution >= 0.6 is 0 Å². The normalized spacial score (nSPS) is 20.7. The lowest BCUT2D eigenvalue weighted by Gasteiger charge is -2.14. The van der Waals surface area contributed by atoms with E-state index in [-0.39, 0.29) is 5.92 Å². The molecular weight excluding hydrogens is 328 g/mol. The maximum absolute atomic E-state index is 5.73. The van der Waals surface area contributed by atoms with Crippen molar-refractivity contribution >= 4 is 0 Å². The Bertz CT molecular complexity index is 842. The Morgan fingerprint density at radius 2 is 2.04 bits per heavy atom. The van der Waals surface area contributed by atoms with Gasteiger partial charge in [-0.15, -0.1) is 0 Å². The van der Waals surface area contributed by atoms with Gasteiger partial charge in [-0.2, -0.15) is 5.10 Å². The van der Waals surface area contributed by atoms with Gasteiger partial charge in [-0.1, -0.05) is 30.3 Å². The van der Waals surface area contributed by atoms with E-state index in [0.717, 1.165) is 48.4 Å². The minimum atomic E-state index is 0.274. The van der Waals surface area contributed by atoms with Crippen LogP contribution < -0.4 is 0 Å². The number of aryl methyl sites for hydroxylation is 1. The molecule has 4 rings (SSSR count). The number of aromatic nitrogens is 3. The van der Waals surface area contributed by atoms with Crippen molar-refractivity contribution in [1.82, 2.24) is 20.1 Å². The van der Waals surface area contributed by atoms with Gasteiger partial charge in [0.25, 0.3) is 0 Å². The summed E-state index contributed by atoms with van der Waals surface area (Å²) in [6.07, 6.45) is 0. The van der Waals surface area contributed by atoms with E-state index in [2.05, 4.69) is 21.2 Å². The van der Waals surface area contributed by atoms with Crippen molar-refractivity contribution in [2.24, 2.45) is 5.92 Å². The SMILES string of the molecule is COC[C@@H]1CN(Cc2ccc(C)o2)C[C@H]1c1nc(-c2ccccc2)n[nH]1. The Morgan fingerprint density at radius 3 is 2.77 bits per heavy atom. The molecule has 0 bridgehead atoms. The predicted molar refractivity (Wildman–Crippen MR) is 98.6 cm³/mol. The van der Waals surface area contributed by atoms with E-state index >= 15 is 0 Å². The third-order valence-electron chi connectivity index (χ3n) is 4.96. The second-order valence-electron chi connectivity index (χ2n) is 6.94. The van der Waals surface area contributed by atoms with E-state index < -0.39 is 0 Å². The van der Waals surface area contributed by atoms with E-state index in [0.29, 0.717) is 12.5 Å². The standard InChI is InChI=1S/C20H24N4O2/c1-14-8-9-17(26-14)11-24-10-16(13-25-2)18(12-24)20-21-19(22-23-20)15-6-4-3-5-7-15/h3-9,16,18H,10-13H2,1-2H3,(H,21,22,23)/t16-,18+/m0/s1. The first-order chi connectivity index (χ1) is 12.7. The average Bonchev–Trinajstić information content (AvgIpc) is 3.37. The van der Waals surface area contributed by atoms with E-state index in [1.165, 1.54) is 0 Å². The third-order valence-corrected chi connectivity index (χ3v) is 4.96. The number of ether oxygens (including phenoxy) is 1. The molecule has 3 aromatic rings. The van der Waals surface area contributed by atoms with Gasteiger partial charge in [0.05, 0.1) is 13.2 Å². The zero-order chi connectivity index (χ0) is 17.9. The molecule has 6 nitrogen and oxygen atoms in total. The Morgan fingerprint density at radius 1 is 1.19 bits per heavy atom. The molecular formula is C20H24N4O2. The molecule has 1 N–H and O–H groups in total. The number of benzene rings is 1. The Labute approximate surface area is 153 Å². The molecule has 6 heteroatoms. The monoisotopic (exact) mass is 352 g/mol. The van der Waals surface area contributed by atoms with Gasteiger partial charge in [-0.3, -0.25) is 10.00 Å². The molecule has 1 saturated heterocycles. The topological polar surface area (TPSA) is 67.2 Å². The summed E-state index contributed by atoms with van der Waals surface area (Å²) in [5, 5.41) is 7.58. The molecule has 1 aliphatic heterocycles. The first-order valence-electron chi connectivity index (χ1n) is 8.97. The third kappa shape index (κ3) is 3.57. The summed E-state index contributed by atoms with van der Waals surface area (Å²) in [5.41, 5.74) is 1.03. The number of aromatic amines is 1. The van der Waals surface area contributed by atoms with E-state index in [1.807, 2.05) is 43.3 Å². The van der Waals surface area contributed by atoms with Crippen LogP contribution in [0.25, 0.3) is 11.4 Å².